The third-order valence-corrected chi connectivity index (χ3v) is 6.25. The van der Waals surface area contributed by atoms with Gasteiger partial charge in [0.05, 0.1) is 23.0 Å². The Labute approximate surface area is 179 Å². The zero-order chi connectivity index (χ0) is 20.9. The van der Waals surface area contributed by atoms with Gasteiger partial charge in [-0.1, -0.05) is 12.1 Å². The van der Waals surface area contributed by atoms with Gasteiger partial charge >= 0.3 is 0 Å². The molecule has 7 heteroatoms. The molecular formula is C24H21N7. The van der Waals surface area contributed by atoms with Gasteiger partial charge in [-0.3, -0.25) is 4.57 Å². The molecule has 6 rings (SSSR count). The van der Waals surface area contributed by atoms with Crippen LogP contribution in [0.5, 0.6) is 0 Å². The van der Waals surface area contributed by atoms with Crippen LogP contribution in [-0.2, 0) is 6.54 Å². The highest BCUT2D eigenvalue weighted by Crippen LogP contribution is 2.35. The first kappa shape index (κ1) is 17.9. The van der Waals surface area contributed by atoms with E-state index in [1.807, 2.05) is 24.3 Å². The summed E-state index contributed by atoms with van der Waals surface area (Å²) < 4.78 is 4.28. The van der Waals surface area contributed by atoms with Gasteiger partial charge in [0.15, 0.2) is 5.82 Å². The minimum atomic E-state index is 0.320. The number of nitrogens with two attached hydrogens (primary N) is 1. The molecule has 0 radical (unpaired) electrons. The van der Waals surface area contributed by atoms with Crippen molar-refractivity contribution in [1.82, 2.24) is 19.3 Å². The van der Waals surface area contributed by atoms with Gasteiger partial charge in [-0.25, -0.2) is 0 Å². The highest BCUT2D eigenvalue weighted by atomic mass is 15.3. The number of nitrogens with zero attached hydrogens (tertiary/aromatic N) is 5. The summed E-state index contributed by atoms with van der Waals surface area (Å²) >= 11 is 0. The summed E-state index contributed by atoms with van der Waals surface area (Å²) in [6.45, 7) is 0.740. The van der Waals surface area contributed by atoms with Crippen molar-refractivity contribution in [3.8, 4) is 34.4 Å². The molecule has 2 aromatic heterocycles. The van der Waals surface area contributed by atoms with Crippen molar-refractivity contribution in [1.29, 1.82) is 5.26 Å². The van der Waals surface area contributed by atoms with Crippen LogP contribution in [0.1, 0.15) is 24.0 Å². The highest BCUT2D eigenvalue weighted by Gasteiger charge is 2.26. The largest absolute Gasteiger partial charge is 0.382 e. The number of hydrogen-bond donors (Lipinski definition) is 2. The van der Waals surface area contributed by atoms with Gasteiger partial charge in [0.2, 0.25) is 0 Å². The van der Waals surface area contributed by atoms with E-state index in [9.17, 15) is 0 Å². The Balaban J connectivity index is 1.40. The van der Waals surface area contributed by atoms with Crippen LogP contribution in [0.2, 0.25) is 0 Å². The number of nitriles is 1. The molecule has 0 saturated heterocycles. The molecule has 0 spiro atoms. The number of nitrogens with one attached hydrogen (secondary N) is 1. The Morgan fingerprint density at radius 2 is 1.90 bits per heavy atom. The van der Waals surface area contributed by atoms with E-state index in [4.69, 9.17) is 11.0 Å². The van der Waals surface area contributed by atoms with Crippen molar-refractivity contribution < 1.29 is 0 Å². The first-order valence-corrected chi connectivity index (χ1v) is 10.4. The minimum absolute atomic E-state index is 0.320. The molecule has 3 heterocycles. The maximum atomic E-state index is 9.07. The lowest BCUT2D eigenvalue weighted by Crippen LogP contribution is -2.44. The van der Waals surface area contributed by atoms with Gasteiger partial charge in [-0.2, -0.15) is 5.26 Å². The molecule has 3 N–H and O–H groups in total. The molecule has 31 heavy (non-hydrogen) atoms. The molecule has 1 saturated carbocycles. The fourth-order valence-corrected chi connectivity index (χ4v) is 4.55. The fraction of sp³-hybridized carbons (Fsp3) is 0.208. The van der Waals surface area contributed by atoms with Crippen LogP contribution in [0, 0.1) is 11.3 Å². The Morgan fingerprint density at radius 1 is 1.06 bits per heavy atom. The molecule has 2 aliphatic rings. The second-order valence-electron chi connectivity index (χ2n) is 8.37. The number of hydrogen-bond acceptors (Lipinski definition) is 5. The summed E-state index contributed by atoms with van der Waals surface area (Å²) in [5.74, 6) is 0.823. The van der Waals surface area contributed by atoms with Gasteiger partial charge in [0, 0.05) is 36.1 Å². The molecule has 4 aromatic rings. The third-order valence-electron chi connectivity index (χ3n) is 6.25. The molecular weight excluding hydrogens is 386 g/mol. The van der Waals surface area contributed by atoms with E-state index < -0.39 is 0 Å². The minimum Gasteiger partial charge on any atom is -0.382 e. The van der Waals surface area contributed by atoms with Crippen molar-refractivity contribution in [3.63, 3.8) is 0 Å². The average molecular weight is 407 g/mol. The van der Waals surface area contributed by atoms with Crippen molar-refractivity contribution in [2.45, 2.75) is 31.5 Å². The maximum absolute atomic E-state index is 9.07. The van der Waals surface area contributed by atoms with E-state index in [0.717, 1.165) is 53.4 Å². The summed E-state index contributed by atoms with van der Waals surface area (Å²) in [6, 6.07) is 19.2. The van der Waals surface area contributed by atoms with Crippen molar-refractivity contribution in [2.75, 3.05) is 5.32 Å². The van der Waals surface area contributed by atoms with Gasteiger partial charge in [0.1, 0.15) is 6.33 Å². The van der Waals surface area contributed by atoms with Crippen LogP contribution in [0.15, 0.2) is 61.1 Å². The highest BCUT2D eigenvalue weighted by molar-refractivity contribution is 5.72. The Bertz CT molecular complexity index is 1320. The zero-order valence-electron chi connectivity index (χ0n) is 16.9. The summed E-state index contributed by atoms with van der Waals surface area (Å²) in [4.78, 5) is 0. The SMILES string of the molecule is N#Cc1ccc(-c2cc3n(c2)Cc2cc(NC4CC(N)C4)ccc2-n2cnnc2-3)cc1. The molecule has 0 bridgehead atoms. The van der Waals surface area contributed by atoms with Gasteiger partial charge in [-0.15, -0.1) is 10.2 Å². The van der Waals surface area contributed by atoms with Crippen LogP contribution in [0.3, 0.4) is 0 Å². The lowest BCUT2D eigenvalue weighted by Gasteiger charge is -2.34. The van der Waals surface area contributed by atoms with Crippen molar-refractivity contribution in [3.05, 3.63) is 72.2 Å². The first-order chi connectivity index (χ1) is 15.2. The lowest BCUT2D eigenvalue weighted by atomic mass is 9.87. The number of rotatable bonds is 3. The van der Waals surface area contributed by atoms with E-state index in [-0.39, 0.29) is 0 Å². The summed E-state index contributed by atoms with van der Waals surface area (Å²) in [7, 11) is 0. The summed E-state index contributed by atoms with van der Waals surface area (Å²) in [5.41, 5.74) is 13.2. The number of aromatic nitrogens is 4. The predicted octanol–water partition coefficient (Wildman–Crippen LogP) is 3.54. The standard InChI is InChI=1S/C24H21N7/c25-11-15-1-3-16(4-2-15)17-8-23-24-29-27-14-31(24)22-6-5-20(28-21-9-19(26)10-21)7-18(22)13-30(23)12-17/h1-8,12,14,19,21,28H,9-10,13,26H2. The van der Waals surface area contributed by atoms with Crippen LogP contribution in [-0.4, -0.2) is 31.4 Å². The molecule has 7 nitrogen and oxygen atoms in total. The van der Waals surface area contributed by atoms with Crippen molar-refractivity contribution in [2.24, 2.45) is 5.73 Å². The molecule has 0 amide bonds. The molecule has 1 aliphatic carbocycles. The fourth-order valence-electron chi connectivity index (χ4n) is 4.55. The zero-order valence-corrected chi connectivity index (χ0v) is 16.9. The molecule has 1 aliphatic heterocycles. The monoisotopic (exact) mass is 407 g/mol. The predicted molar refractivity (Wildman–Crippen MR) is 119 cm³/mol. The Kier molecular flexibility index (Phi) is 3.95. The quantitative estimate of drug-likeness (QED) is 0.477. The summed E-state index contributed by atoms with van der Waals surface area (Å²) in [5, 5.41) is 21.3. The number of anilines is 1. The number of fused-ring (bicyclic) bond motifs is 5. The van der Waals surface area contributed by atoms with Gasteiger partial charge in [-0.05, 0) is 60.4 Å². The molecule has 1 fully saturated rings. The van der Waals surface area contributed by atoms with Gasteiger partial charge in [0.25, 0.3) is 0 Å². The van der Waals surface area contributed by atoms with Crippen molar-refractivity contribution >= 4 is 5.69 Å². The normalized spacial score (nSPS) is 18.7. The van der Waals surface area contributed by atoms with Crippen LogP contribution >= 0.6 is 0 Å². The second-order valence-corrected chi connectivity index (χ2v) is 8.37. The molecule has 0 unspecified atom stereocenters. The van der Waals surface area contributed by atoms with Gasteiger partial charge < -0.3 is 15.6 Å². The third kappa shape index (κ3) is 3.00. The van der Waals surface area contributed by atoms with Crippen LogP contribution < -0.4 is 11.1 Å². The lowest BCUT2D eigenvalue weighted by molar-refractivity contribution is 0.373. The molecule has 0 atom stereocenters. The first-order valence-electron chi connectivity index (χ1n) is 10.4. The van der Waals surface area contributed by atoms with E-state index in [0.29, 0.717) is 17.6 Å². The summed E-state index contributed by atoms with van der Waals surface area (Å²) in [6.07, 6.45) is 5.96. The number of benzene rings is 2. The van der Waals surface area contributed by atoms with Crippen LogP contribution in [0.25, 0.3) is 28.3 Å². The molecule has 152 valence electrons. The maximum Gasteiger partial charge on any atom is 0.185 e. The smallest absolute Gasteiger partial charge is 0.185 e. The van der Waals surface area contributed by atoms with Crippen LogP contribution in [0.4, 0.5) is 5.69 Å². The Hall–Kier alpha value is -3.89. The van der Waals surface area contributed by atoms with E-state index in [1.165, 1.54) is 5.56 Å². The molecule has 2 aromatic carbocycles. The second kappa shape index (κ2) is 6.83. The Morgan fingerprint density at radius 3 is 2.68 bits per heavy atom. The van der Waals surface area contributed by atoms with E-state index >= 15 is 0 Å². The topological polar surface area (TPSA) is 97.5 Å². The average Bonchev–Trinajstić information content (AvgIpc) is 3.38. The van der Waals surface area contributed by atoms with E-state index in [1.54, 1.807) is 6.33 Å². The van der Waals surface area contributed by atoms with E-state index in [2.05, 4.69) is 61.2 Å².